The second-order valence-electron chi connectivity index (χ2n) is 3.49. The van der Waals surface area contributed by atoms with E-state index >= 15 is 0 Å². The lowest BCUT2D eigenvalue weighted by atomic mass is 10.1. The molecule has 1 aromatic rings. The summed E-state index contributed by atoms with van der Waals surface area (Å²) < 4.78 is 1.07. The monoisotopic (exact) mass is 287 g/mol. The van der Waals surface area contributed by atoms with Gasteiger partial charge in [-0.2, -0.15) is 0 Å². The molecule has 0 unspecified atom stereocenters. The first-order valence-electron chi connectivity index (χ1n) is 4.69. The van der Waals surface area contributed by atoms with Crippen molar-refractivity contribution in [2.75, 3.05) is 6.54 Å². The van der Waals surface area contributed by atoms with Gasteiger partial charge in [-0.3, -0.25) is 9.59 Å². The van der Waals surface area contributed by atoms with Crippen molar-refractivity contribution in [3.05, 3.63) is 20.8 Å². The molecule has 5 heteroatoms. The summed E-state index contributed by atoms with van der Waals surface area (Å²) in [6.45, 7) is 1.19. The highest BCUT2D eigenvalue weighted by Gasteiger charge is 2.23. The maximum Gasteiger partial charge on any atom is 0.230 e. The summed E-state index contributed by atoms with van der Waals surface area (Å²) >= 11 is 5.00. The molecule has 0 N–H and O–H groups in total. The van der Waals surface area contributed by atoms with Crippen molar-refractivity contribution in [3.8, 4) is 0 Å². The van der Waals surface area contributed by atoms with E-state index in [9.17, 15) is 9.59 Å². The van der Waals surface area contributed by atoms with Crippen LogP contribution in [0.3, 0.4) is 0 Å². The van der Waals surface area contributed by atoms with Gasteiger partial charge in [-0.25, -0.2) is 0 Å². The third kappa shape index (κ3) is 2.66. The second kappa shape index (κ2) is 4.45. The number of Topliss-reactive ketones (excluding diaryl/α,β-unsaturated/α-hetero) is 1. The molecule has 3 nitrogen and oxygen atoms in total. The van der Waals surface area contributed by atoms with Crippen molar-refractivity contribution < 1.29 is 9.59 Å². The third-order valence-corrected chi connectivity index (χ3v) is 3.95. The van der Waals surface area contributed by atoms with Gasteiger partial charge in [-0.05, 0) is 28.1 Å². The molecule has 0 atom stereocenters. The Bertz CT molecular complexity index is 402. The molecule has 2 rings (SSSR count). The van der Waals surface area contributed by atoms with Crippen LogP contribution in [0, 0.1) is 0 Å². The molecule has 0 saturated carbocycles. The Labute approximate surface area is 100 Å². The van der Waals surface area contributed by atoms with Crippen LogP contribution in [0.25, 0.3) is 0 Å². The molecule has 1 saturated heterocycles. The summed E-state index contributed by atoms with van der Waals surface area (Å²) in [6, 6.07) is 3.97. The molecular formula is C10H10BrNO2S. The molecule has 1 aromatic heterocycles. The Morgan fingerprint density at radius 3 is 2.80 bits per heavy atom. The van der Waals surface area contributed by atoms with Crippen LogP contribution in [-0.4, -0.2) is 23.1 Å². The van der Waals surface area contributed by atoms with E-state index < -0.39 is 0 Å². The van der Waals surface area contributed by atoms with Gasteiger partial charge >= 0.3 is 0 Å². The second-order valence-corrected chi connectivity index (χ2v) is 6.03. The van der Waals surface area contributed by atoms with Gasteiger partial charge in [0.1, 0.15) is 5.78 Å². The van der Waals surface area contributed by atoms with Crippen molar-refractivity contribution in [1.29, 1.82) is 0 Å². The SMILES string of the molecule is O=C1CCN(Cc2ccc(Br)s2)C(=O)C1. The third-order valence-electron chi connectivity index (χ3n) is 2.34. The van der Waals surface area contributed by atoms with Crippen LogP contribution in [0.1, 0.15) is 17.7 Å². The van der Waals surface area contributed by atoms with E-state index in [4.69, 9.17) is 0 Å². The Hall–Kier alpha value is -0.680. The van der Waals surface area contributed by atoms with Crippen LogP contribution in [0.2, 0.25) is 0 Å². The van der Waals surface area contributed by atoms with E-state index in [0.717, 1.165) is 8.66 Å². The molecule has 2 heterocycles. The number of halogens is 1. The predicted molar refractivity (Wildman–Crippen MR) is 61.7 cm³/mol. The van der Waals surface area contributed by atoms with E-state index in [1.54, 1.807) is 16.2 Å². The van der Waals surface area contributed by atoms with E-state index in [0.29, 0.717) is 19.5 Å². The summed E-state index contributed by atoms with van der Waals surface area (Å²) in [5, 5.41) is 0. The van der Waals surface area contributed by atoms with Crippen LogP contribution in [0.5, 0.6) is 0 Å². The molecule has 0 radical (unpaired) electrons. The number of piperidine rings is 1. The van der Waals surface area contributed by atoms with Crippen molar-refractivity contribution >= 4 is 39.0 Å². The van der Waals surface area contributed by atoms with Crippen molar-refractivity contribution in [2.24, 2.45) is 0 Å². The van der Waals surface area contributed by atoms with Gasteiger partial charge in [0.25, 0.3) is 0 Å². The van der Waals surface area contributed by atoms with Crippen molar-refractivity contribution in [3.63, 3.8) is 0 Å². The fourth-order valence-electron chi connectivity index (χ4n) is 1.55. The smallest absolute Gasteiger partial charge is 0.230 e. The van der Waals surface area contributed by atoms with Crippen LogP contribution in [0.4, 0.5) is 0 Å². The lowest BCUT2D eigenvalue weighted by Crippen LogP contribution is -2.38. The lowest BCUT2D eigenvalue weighted by molar-refractivity contribution is -0.139. The Morgan fingerprint density at radius 2 is 2.20 bits per heavy atom. The van der Waals surface area contributed by atoms with Gasteiger partial charge in [-0.15, -0.1) is 11.3 Å². The Balaban J connectivity index is 2.00. The standard InChI is InChI=1S/C10H10BrNO2S/c11-9-2-1-8(15-9)6-12-4-3-7(13)5-10(12)14/h1-2H,3-6H2. The molecule has 0 spiro atoms. The van der Waals surface area contributed by atoms with Crippen molar-refractivity contribution in [2.45, 2.75) is 19.4 Å². The minimum atomic E-state index is -0.0456. The maximum atomic E-state index is 11.5. The number of ketones is 1. The number of carbonyl (C=O) groups is 2. The molecule has 0 aromatic carbocycles. The number of thiophene rings is 1. The molecule has 1 fully saturated rings. The van der Waals surface area contributed by atoms with E-state index in [1.807, 2.05) is 12.1 Å². The van der Waals surface area contributed by atoms with Crippen LogP contribution in [-0.2, 0) is 16.1 Å². The van der Waals surface area contributed by atoms with Crippen LogP contribution < -0.4 is 0 Å². The molecule has 15 heavy (non-hydrogen) atoms. The average Bonchev–Trinajstić information content (AvgIpc) is 2.56. The minimum absolute atomic E-state index is 0.0456. The average molecular weight is 288 g/mol. The Kier molecular flexibility index (Phi) is 3.21. The molecule has 1 aliphatic rings. The van der Waals surface area contributed by atoms with E-state index in [2.05, 4.69) is 15.9 Å². The zero-order valence-electron chi connectivity index (χ0n) is 8.03. The lowest BCUT2D eigenvalue weighted by Gasteiger charge is -2.25. The molecule has 1 aliphatic heterocycles. The number of amides is 1. The summed E-state index contributed by atoms with van der Waals surface area (Å²) in [5.74, 6) is 0.0133. The Morgan fingerprint density at radius 1 is 1.40 bits per heavy atom. The van der Waals surface area contributed by atoms with Gasteiger partial charge in [0.2, 0.25) is 5.91 Å². The number of rotatable bonds is 2. The van der Waals surface area contributed by atoms with Crippen LogP contribution in [0.15, 0.2) is 15.9 Å². The maximum absolute atomic E-state index is 11.5. The molecule has 0 bridgehead atoms. The highest BCUT2D eigenvalue weighted by Crippen LogP contribution is 2.24. The van der Waals surface area contributed by atoms with Gasteiger partial charge in [0.05, 0.1) is 16.8 Å². The quantitative estimate of drug-likeness (QED) is 0.782. The fourth-order valence-corrected chi connectivity index (χ4v) is 3.04. The highest BCUT2D eigenvalue weighted by atomic mass is 79.9. The zero-order valence-corrected chi connectivity index (χ0v) is 10.4. The van der Waals surface area contributed by atoms with Crippen molar-refractivity contribution in [1.82, 2.24) is 4.90 Å². The summed E-state index contributed by atoms with van der Waals surface area (Å²) in [7, 11) is 0. The molecule has 0 aliphatic carbocycles. The van der Waals surface area contributed by atoms with Gasteiger partial charge < -0.3 is 4.90 Å². The normalized spacial score (nSPS) is 17.3. The first kappa shape index (κ1) is 10.8. The summed E-state index contributed by atoms with van der Waals surface area (Å²) in [5.41, 5.74) is 0. The van der Waals surface area contributed by atoms with Gasteiger partial charge in [-0.1, -0.05) is 0 Å². The first-order valence-corrected chi connectivity index (χ1v) is 6.30. The molecule has 80 valence electrons. The number of hydrogen-bond donors (Lipinski definition) is 0. The molecule has 1 amide bonds. The number of hydrogen-bond acceptors (Lipinski definition) is 3. The van der Waals surface area contributed by atoms with Crippen LogP contribution >= 0.6 is 27.3 Å². The van der Waals surface area contributed by atoms with Gasteiger partial charge in [0, 0.05) is 17.8 Å². The van der Waals surface area contributed by atoms with E-state index in [1.165, 1.54) is 0 Å². The van der Waals surface area contributed by atoms with Gasteiger partial charge in [0.15, 0.2) is 0 Å². The highest BCUT2D eigenvalue weighted by molar-refractivity contribution is 9.11. The summed E-state index contributed by atoms with van der Waals surface area (Å²) in [4.78, 5) is 25.4. The fraction of sp³-hybridized carbons (Fsp3) is 0.400. The molecular weight excluding hydrogens is 278 g/mol. The largest absolute Gasteiger partial charge is 0.337 e. The number of likely N-dealkylation sites (tertiary alicyclic amines) is 1. The number of nitrogens with zero attached hydrogens (tertiary/aromatic N) is 1. The zero-order chi connectivity index (χ0) is 10.8. The predicted octanol–water partition coefficient (Wildman–Crippen LogP) is 2.20. The number of carbonyl (C=O) groups excluding carboxylic acids is 2. The van der Waals surface area contributed by atoms with E-state index in [-0.39, 0.29) is 18.1 Å². The first-order chi connectivity index (χ1) is 7.15. The summed E-state index contributed by atoms with van der Waals surface area (Å²) in [6.07, 6.45) is 0.574. The minimum Gasteiger partial charge on any atom is -0.337 e. The topological polar surface area (TPSA) is 37.4 Å².